The summed E-state index contributed by atoms with van der Waals surface area (Å²) in [7, 11) is 0. The first-order valence-corrected chi connectivity index (χ1v) is 7.09. The second kappa shape index (κ2) is 7.42. The number of alkyl halides is 3. The number of benzene rings is 1. The summed E-state index contributed by atoms with van der Waals surface area (Å²) in [6.07, 6.45) is 0.237. The van der Waals surface area contributed by atoms with Crippen LogP contribution in [-0.4, -0.2) is 23.7 Å². The van der Waals surface area contributed by atoms with Gasteiger partial charge in [0.1, 0.15) is 0 Å². The van der Waals surface area contributed by atoms with Gasteiger partial charge >= 0.3 is 5.51 Å². The number of nitrogens with two attached hydrogens (primary N) is 1. The van der Waals surface area contributed by atoms with E-state index in [9.17, 15) is 18.0 Å². The number of carbonyl (C=O) groups excluding carboxylic acids is 1. The molecule has 1 unspecified atom stereocenters. The molecule has 1 aromatic rings. The molecule has 0 heterocycles. The lowest BCUT2D eigenvalue weighted by Gasteiger charge is -2.12. The molecular weight excluding hydrogens is 289 g/mol. The van der Waals surface area contributed by atoms with Crippen molar-refractivity contribution in [3.05, 3.63) is 29.8 Å². The Morgan fingerprint density at radius 3 is 2.50 bits per heavy atom. The number of halogens is 3. The minimum absolute atomic E-state index is 0.00845. The van der Waals surface area contributed by atoms with E-state index in [2.05, 4.69) is 5.32 Å². The standard InChI is InChI=1S/C13H17F3N2OS/c1-9(10-2-4-11(17)5-3-10)8-12(19)18-6-7-20-13(14,15)16/h2-5,9H,6-8,17H2,1H3,(H,18,19). The molecule has 3 nitrogen and oxygen atoms in total. The number of amides is 1. The van der Waals surface area contributed by atoms with Crippen molar-refractivity contribution in [1.29, 1.82) is 0 Å². The third-order valence-electron chi connectivity index (χ3n) is 2.69. The molecule has 0 saturated carbocycles. The number of carbonyl (C=O) groups is 1. The van der Waals surface area contributed by atoms with Gasteiger partial charge in [-0.05, 0) is 35.4 Å². The van der Waals surface area contributed by atoms with E-state index >= 15 is 0 Å². The van der Waals surface area contributed by atoms with Gasteiger partial charge in [0.2, 0.25) is 5.91 Å². The average molecular weight is 306 g/mol. The Balaban J connectivity index is 2.30. The Morgan fingerprint density at radius 2 is 1.95 bits per heavy atom. The molecule has 0 saturated heterocycles. The molecule has 0 aliphatic rings. The molecule has 1 atom stereocenters. The SMILES string of the molecule is CC(CC(=O)NCCSC(F)(F)F)c1ccc(N)cc1. The highest BCUT2D eigenvalue weighted by Gasteiger charge is 2.27. The number of thioether (sulfide) groups is 1. The van der Waals surface area contributed by atoms with Gasteiger partial charge in [0.15, 0.2) is 0 Å². The van der Waals surface area contributed by atoms with Crippen LogP contribution in [0.2, 0.25) is 0 Å². The third-order valence-corrected chi connectivity index (χ3v) is 3.42. The van der Waals surface area contributed by atoms with Crippen LogP contribution in [0, 0.1) is 0 Å². The minimum Gasteiger partial charge on any atom is -0.399 e. The summed E-state index contributed by atoms with van der Waals surface area (Å²) < 4.78 is 35.7. The van der Waals surface area contributed by atoms with Crippen LogP contribution in [0.15, 0.2) is 24.3 Å². The summed E-state index contributed by atoms with van der Waals surface area (Å²) >= 11 is -0.136. The van der Waals surface area contributed by atoms with Crippen LogP contribution in [-0.2, 0) is 4.79 Å². The van der Waals surface area contributed by atoms with Gasteiger partial charge in [0.05, 0.1) is 0 Å². The Bertz CT molecular complexity index is 434. The molecule has 0 radical (unpaired) electrons. The van der Waals surface area contributed by atoms with Crippen LogP contribution < -0.4 is 11.1 Å². The molecule has 0 aromatic heterocycles. The summed E-state index contributed by atoms with van der Waals surface area (Å²) in [5.74, 6) is -0.436. The number of nitrogens with one attached hydrogen (secondary N) is 1. The van der Waals surface area contributed by atoms with Gasteiger partial charge in [-0.2, -0.15) is 13.2 Å². The highest BCUT2D eigenvalue weighted by molar-refractivity contribution is 8.00. The number of nitrogen functional groups attached to an aromatic ring is 1. The first kappa shape index (κ1) is 16.7. The minimum atomic E-state index is -4.25. The van der Waals surface area contributed by atoms with E-state index in [4.69, 9.17) is 5.73 Å². The fourth-order valence-corrected chi connectivity index (χ4v) is 2.09. The Labute approximate surface area is 120 Å². The molecule has 7 heteroatoms. The normalized spacial score (nSPS) is 13.0. The van der Waals surface area contributed by atoms with E-state index < -0.39 is 5.51 Å². The van der Waals surface area contributed by atoms with Crippen LogP contribution in [0.25, 0.3) is 0 Å². The lowest BCUT2D eigenvalue weighted by molar-refractivity contribution is -0.121. The topological polar surface area (TPSA) is 55.1 Å². The van der Waals surface area contributed by atoms with Crippen molar-refractivity contribution >= 4 is 23.4 Å². The smallest absolute Gasteiger partial charge is 0.399 e. The Kier molecular flexibility index (Phi) is 6.19. The van der Waals surface area contributed by atoms with Crippen molar-refractivity contribution < 1.29 is 18.0 Å². The van der Waals surface area contributed by atoms with Gasteiger partial charge in [0.25, 0.3) is 0 Å². The maximum absolute atomic E-state index is 11.9. The molecule has 0 fully saturated rings. The third kappa shape index (κ3) is 6.70. The molecule has 112 valence electrons. The molecular formula is C13H17F3N2OS. The molecule has 1 amide bonds. The van der Waals surface area contributed by atoms with E-state index in [0.29, 0.717) is 5.69 Å². The molecule has 3 N–H and O–H groups in total. The van der Waals surface area contributed by atoms with Crippen molar-refractivity contribution in [2.75, 3.05) is 18.0 Å². The predicted molar refractivity (Wildman–Crippen MR) is 75.4 cm³/mol. The molecule has 1 rings (SSSR count). The van der Waals surface area contributed by atoms with E-state index in [-0.39, 0.29) is 42.3 Å². The van der Waals surface area contributed by atoms with Gasteiger partial charge in [0, 0.05) is 24.4 Å². The Hall–Kier alpha value is -1.37. The molecule has 0 spiro atoms. The van der Waals surface area contributed by atoms with E-state index in [1.54, 1.807) is 12.1 Å². The van der Waals surface area contributed by atoms with Crippen LogP contribution in [0.3, 0.4) is 0 Å². The van der Waals surface area contributed by atoms with Gasteiger partial charge < -0.3 is 11.1 Å². The lowest BCUT2D eigenvalue weighted by atomic mass is 9.97. The second-order valence-corrected chi connectivity index (χ2v) is 5.58. The number of hydrogen-bond acceptors (Lipinski definition) is 3. The van der Waals surface area contributed by atoms with Gasteiger partial charge in [-0.25, -0.2) is 0 Å². The summed E-state index contributed by atoms with van der Waals surface area (Å²) in [4.78, 5) is 11.6. The molecule has 1 aromatic carbocycles. The van der Waals surface area contributed by atoms with Gasteiger partial charge in [-0.3, -0.25) is 4.79 Å². The van der Waals surface area contributed by atoms with Crippen LogP contribution in [0.4, 0.5) is 18.9 Å². The van der Waals surface area contributed by atoms with Crippen molar-refractivity contribution in [2.24, 2.45) is 0 Å². The fourth-order valence-electron chi connectivity index (χ4n) is 1.65. The van der Waals surface area contributed by atoms with Crippen molar-refractivity contribution in [1.82, 2.24) is 5.32 Å². The van der Waals surface area contributed by atoms with Crippen LogP contribution >= 0.6 is 11.8 Å². The number of anilines is 1. The average Bonchev–Trinajstić information content (AvgIpc) is 2.34. The van der Waals surface area contributed by atoms with Crippen molar-refractivity contribution in [3.63, 3.8) is 0 Å². The van der Waals surface area contributed by atoms with Gasteiger partial charge in [-0.15, -0.1) is 0 Å². The maximum Gasteiger partial charge on any atom is 0.441 e. The zero-order valence-corrected chi connectivity index (χ0v) is 11.9. The summed E-state index contributed by atoms with van der Waals surface area (Å²) in [6.45, 7) is 1.90. The van der Waals surface area contributed by atoms with Crippen LogP contribution in [0.5, 0.6) is 0 Å². The highest BCUT2D eigenvalue weighted by atomic mass is 32.2. The summed E-state index contributed by atoms with van der Waals surface area (Å²) in [5, 5.41) is 2.48. The molecule has 0 aliphatic heterocycles. The first-order chi connectivity index (χ1) is 9.28. The number of rotatable bonds is 6. The quantitative estimate of drug-likeness (QED) is 0.627. The highest BCUT2D eigenvalue weighted by Crippen LogP contribution is 2.29. The van der Waals surface area contributed by atoms with Crippen molar-refractivity contribution in [2.45, 2.75) is 24.8 Å². The van der Waals surface area contributed by atoms with E-state index in [0.717, 1.165) is 5.56 Å². The summed E-state index contributed by atoms with van der Waals surface area (Å²) in [6, 6.07) is 7.19. The Morgan fingerprint density at radius 1 is 1.35 bits per heavy atom. The van der Waals surface area contributed by atoms with E-state index in [1.807, 2.05) is 19.1 Å². The number of hydrogen-bond donors (Lipinski definition) is 2. The molecule has 0 aliphatic carbocycles. The predicted octanol–water partition coefficient (Wildman–Crippen LogP) is 3.13. The largest absolute Gasteiger partial charge is 0.441 e. The van der Waals surface area contributed by atoms with Crippen LogP contribution in [0.1, 0.15) is 24.8 Å². The lowest BCUT2D eigenvalue weighted by Crippen LogP contribution is -2.27. The monoisotopic (exact) mass is 306 g/mol. The first-order valence-electron chi connectivity index (χ1n) is 6.11. The van der Waals surface area contributed by atoms with Crippen molar-refractivity contribution in [3.8, 4) is 0 Å². The maximum atomic E-state index is 11.9. The van der Waals surface area contributed by atoms with E-state index in [1.165, 1.54) is 0 Å². The van der Waals surface area contributed by atoms with Gasteiger partial charge in [-0.1, -0.05) is 19.1 Å². The zero-order chi connectivity index (χ0) is 15.2. The molecule has 20 heavy (non-hydrogen) atoms. The molecule has 0 bridgehead atoms. The zero-order valence-electron chi connectivity index (χ0n) is 11.0. The summed E-state index contributed by atoms with van der Waals surface area (Å²) in [5.41, 5.74) is 2.94. The fraction of sp³-hybridized carbons (Fsp3) is 0.462. The second-order valence-electron chi connectivity index (χ2n) is 4.42.